The summed E-state index contributed by atoms with van der Waals surface area (Å²) in [6, 6.07) is 4.92. The van der Waals surface area contributed by atoms with Crippen molar-refractivity contribution in [1.29, 1.82) is 0 Å². The van der Waals surface area contributed by atoms with Crippen molar-refractivity contribution in [2.24, 2.45) is 0 Å². The number of nitrogens with one attached hydrogen (secondary N) is 1. The smallest absolute Gasteiger partial charge is 0.145 e. The Labute approximate surface area is 87.1 Å². The first-order valence-electron chi connectivity index (χ1n) is 4.66. The van der Waals surface area contributed by atoms with Gasteiger partial charge < -0.3 is 5.73 Å². The first-order chi connectivity index (χ1) is 7.08. The average molecular weight is 205 g/mol. The number of halogens is 1. The normalized spacial score (nSPS) is 10.6. The SMILES string of the molecule is Cc1cc(F)c(-c2cc(N)n[nH]2)cc1C. The Morgan fingerprint density at radius 2 is 1.87 bits per heavy atom. The van der Waals surface area contributed by atoms with E-state index in [0.717, 1.165) is 11.1 Å². The van der Waals surface area contributed by atoms with Crippen molar-refractivity contribution < 1.29 is 4.39 Å². The topological polar surface area (TPSA) is 54.7 Å². The van der Waals surface area contributed by atoms with Crippen LogP contribution in [0.3, 0.4) is 0 Å². The van der Waals surface area contributed by atoms with Crippen molar-refractivity contribution in [1.82, 2.24) is 10.2 Å². The molecule has 0 atom stereocenters. The molecule has 3 N–H and O–H groups in total. The van der Waals surface area contributed by atoms with E-state index in [1.54, 1.807) is 12.1 Å². The summed E-state index contributed by atoms with van der Waals surface area (Å²) in [5.74, 6) is 0.101. The molecule has 0 bridgehead atoms. The molecule has 2 aromatic rings. The van der Waals surface area contributed by atoms with Crippen molar-refractivity contribution in [3.05, 3.63) is 35.1 Å². The monoisotopic (exact) mass is 205 g/mol. The van der Waals surface area contributed by atoms with E-state index in [1.165, 1.54) is 6.07 Å². The van der Waals surface area contributed by atoms with Crippen LogP contribution in [-0.2, 0) is 0 Å². The van der Waals surface area contributed by atoms with E-state index in [4.69, 9.17) is 5.73 Å². The van der Waals surface area contributed by atoms with Crippen LogP contribution in [0, 0.1) is 19.7 Å². The van der Waals surface area contributed by atoms with Gasteiger partial charge in [-0.1, -0.05) is 0 Å². The number of H-pyrrole nitrogens is 1. The Kier molecular flexibility index (Phi) is 2.19. The minimum atomic E-state index is -0.262. The largest absolute Gasteiger partial charge is 0.382 e. The number of aryl methyl sites for hydroxylation is 2. The molecule has 0 saturated carbocycles. The van der Waals surface area contributed by atoms with Gasteiger partial charge in [-0.05, 0) is 37.1 Å². The highest BCUT2D eigenvalue weighted by Crippen LogP contribution is 2.24. The summed E-state index contributed by atoms with van der Waals surface area (Å²) in [4.78, 5) is 0. The number of anilines is 1. The molecule has 1 aromatic carbocycles. The van der Waals surface area contributed by atoms with Gasteiger partial charge in [-0.15, -0.1) is 0 Å². The van der Waals surface area contributed by atoms with Crippen LogP contribution in [0.4, 0.5) is 10.2 Å². The zero-order chi connectivity index (χ0) is 11.0. The van der Waals surface area contributed by atoms with Gasteiger partial charge in [-0.3, -0.25) is 5.10 Å². The fourth-order valence-corrected chi connectivity index (χ4v) is 1.46. The van der Waals surface area contributed by atoms with E-state index in [2.05, 4.69) is 10.2 Å². The summed E-state index contributed by atoms with van der Waals surface area (Å²) in [5.41, 5.74) is 8.55. The molecule has 3 nitrogen and oxygen atoms in total. The number of hydrogen-bond donors (Lipinski definition) is 2. The molecule has 0 aliphatic carbocycles. The number of hydrogen-bond acceptors (Lipinski definition) is 2. The first-order valence-corrected chi connectivity index (χ1v) is 4.66. The summed E-state index contributed by atoms with van der Waals surface area (Å²) < 4.78 is 13.6. The lowest BCUT2D eigenvalue weighted by atomic mass is 10.0. The molecule has 15 heavy (non-hydrogen) atoms. The lowest BCUT2D eigenvalue weighted by Gasteiger charge is -2.04. The summed E-state index contributed by atoms with van der Waals surface area (Å²) >= 11 is 0. The quantitative estimate of drug-likeness (QED) is 0.751. The van der Waals surface area contributed by atoms with E-state index in [-0.39, 0.29) is 5.82 Å². The number of aromatic nitrogens is 2. The zero-order valence-corrected chi connectivity index (χ0v) is 8.63. The van der Waals surface area contributed by atoms with Crippen molar-refractivity contribution in [2.75, 3.05) is 5.73 Å². The molecule has 0 fully saturated rings. The maximum absolute atomic E-state index is 13.6. The van der Waals surface area contributed by atoms with Gasteiger partial charge in [0, 0.05) is 11.6 Å². The molecule has 4 heteroatoms. The minimum Gasteiger partial charge on any atom is -0.382 e. The van der Waals surface area contributed by atoms with Crippen LogP contribution in [0.25, 0.3) is 11.3 Å². The Balaban J connectivity index is 2.58. The molecule has 0 saturated heterocycles. The lowest BCUT2D eigenvalue weighted by Crippen LogP contribution is -1.89. The number of benzene rings is 1. The molecule has 0 amide bonds. The number of rotatable bonds is 1. The predicted molar refractivity (Wildman–Crippen MR) is 57.9 cm³/mol. The Bertz CT molecular complexity index is 503. The van der Waals surface area contributed by atoms with Crippen molar-refractivity contribution in [2.45, 2.75) is 13.8 Å². The third kappa shape index (κ3) is 1.70. The molecule has 78 valence electrons. The highest BCUT2D eigenvalue weighted by molar-refractivity contribution is 5.64. The van der Waals surface area contributed by atoms with Gasteiger partial charge in [0.05, 0.1) is 5.69 Å². The highest BCUT2D eigenvalue weighted by Gasteiger charge is 2.09. The molecule has 0 aliphatic rings. The van der Waals surface area contributed by atoms with E-state index < -0.39 is 0 Å². The third-order valence-electron chi connectivity index (χ3n) is 2.47. The van der Waals surface area contributed by atoms with Crippen LogP contribution >= 0.6 is 0 Å². The standard InChI is InChI=1S/C11H12FN3/c1-6-3-8(9(12)4-7(6)2)10-5-11(13)15-14-10/h3-5H,1-2H3,(H3,13,14,15). The molecular weight excluding hydrogens is 193 g/mol. The maximum Gasteiger partial charge on any atom is 0.145 e. The fourth-order valence-electron chi connectivity index (χ4n) is 1.46. The van der Waals surface area contributed by atoms with E-state index in [0.29, 0.717) is 17.1 Å². The zero-order valence-electron chi connectivity index (χ0n) is 8.63. The van der Waals surface area contributed by atoms with Crippen molar-refractivity contribution in [3.63, 3.8) is 0 Å². The van der Waals surface area contributed by atoms with E-state index in [9.17, 15) is 4.39 Å². The molecule has 0 aliphatic heterocycles. The number of aromatic amines is 1. The van der Waals surface area contributed by atoms with Gasteiger partial charge in [0.25, 0.3) is 0 Å². The fraction of sp³-hybridized carbons (Fsp3) is 0.182. The van der Waals surface area contributed by atoms with Crippen molar-refractivity contribution >= 4 is 5.82 Å². The van der Waals surface area contributed by atoms with E-state index in [1.807, 2.05) is 13.8 Å². The lowest BCUT2D eigenvalue weighted by molar-refractivity contribution is 0.629. The average Bonchev–Trinajstić information content (AvgIpc) is 2.58. The van der Waals surface area contributed by atoms with Gasteiger partial charge in [0.1, 0.15) is 11.6 Å². The highest BCUT2D eigenvalue weighted by atomic mass is 19.1. The Morgan fingerprint density at radius 1 is 1.20 bits per heavy atom. The van der Waals surface area contributed by atoms with Crippen LogP contribution < -0.4 is 5.73 Å². The second-order valence-electron chi connectivity index (χ2n) is 3.62. The molecule has 1 heterocycles. The predicted octanol–water partition coefficient (Wildman–Crippen LogP) is 2.41. The molecule has 1 aromatic heterocycles. The van der Waals surface area contributed by atoms with Gasteiger partial charge in [0.2, 0.25) is 0 Å². The molecule has 0 radical (unpaired) electrons. The van der Waals surface area contributed by atoms with Crippen LogP contribution in [0.2, 0.25) is 0 Å². The number of nitrogens with two attached hydrogens (primary N) is 1. The third-order valence-corrected chi connectivity index (χ3v) is 2.47. The summed E-state index contributed by atoms with van der Waals surface area (Å²) in [7, 11) is 0. The van der Waals surface area contributed by atoms with Gasteiger partial charge >= 0.3 is 0 Å². The molecule has 2 rings (SSSR count). The molecular formula is C11H12FN3. The van der Waals surface area contributed by atoms with Crippen LogP contribution in [0.5, 0.6) is 0 Å². The first kappa shape index (κ1) is 9.71. The van der Waals surface area contributed by atoms with Crippen LogP contribution in [0.1, 0.15) is 11.1 Å². The Hall–Kier alpha value is -1.84. The van der Waals surface area contributed by atoms with Gasteiger partial charge in [-0.25, -0.2) is 4.39 Å². The van der Waals surface area contributed by atoms with Gasteiger partial charge in [0.15, 0.2) is 0 Å². The number of nitrogen functional groups attached to an aromatic ring is 1. The van der Waals surface area contributed by atoms with E-state index >= 15 is 0 Å². The molecule has 0 unspecified atom stereocenters. The summed E-state index contributed by atoms with van der Waals surface area (Å²) in [6.07, 6.45) is 0. The van der Waals surface area contributed by atoms with Crippen molar-refractivity contribution in [3.8, 4) is 11.3 Å². The second-order valence-corrected chi connectivity index (χ2v) is 3.62. The Morgan fingerprint density at radius 3 is 2.47 bits per heavy atom. The maximum atomic E-state index is 13.6. The summed E-state index contributed by atoms with van der Waals surface area (Å²) in [5, 5.41) is 6.47. The molecule has 0 spiro atoms. The minimum absolute atomic E-state index is 0.262. The van der Waals surface area contributed by atoms with Crippen LogP contribution in [-0.4, -0.2) is 10.2 Å². The van der Waals surface area contributed by atoms with Crippen LogP contribution in [0.15, 0.2) is 18.2 Å². The number of nitrogens with zero attached hydrogens (tertiary/aromatic N) is 1. The summed E-state index contributed by atoms with van der Waals surface area (Å²) in [6.45, 7) is 3.82. The van der Waals surface area contributed by atoms with Gasteiger partial charge in [-0.2, -0.15) is 5.10 Å². The second kappa shape index (κ2) is 3.38.